The summed E-state index contributed by atoms with van der Waals surface area (Å²) in [5, 5.41) is 4.25. The number of imidazole rings is 1. The van der Waals surface area contributed by atoms with Crippen molar-refractivity contribution >= 4 is 0 Å². The fraction of sp³-hybridized carbons (Fsp3) is 0.333. The molecule has 0 unspecified atom stereocenters. The first-order valence-electron chi connectivity index (χ1n) is 8.00. The summed E-state index contributed by atoms with van der Waals surface area (Å²) >= 11 is 0. The highest BCUT2D eigenvalue weighted by molar-refractivity contribution is 5.60. The molecule has 3 aromatic rings. The molecule has 0 saturated carbocycles. The third-order valence-electron chi connectivity index (χ3n) is 4.42. The first-order chi connectivity index (χ1) is 11.2. The molecule has 0 radical (unpaired) electrons. The van der Waals surface area contributed by atoms with Gasteiger partial charge >= 0.3 is 0 Å². The zero-order chi connectivity index (χ0) is 15.8. The molecule has 0 amide bonds. The van der Waals surface area contributed by atoms with E-state index in [9.17, 15) is 0 Å². The van der Waals surface area contributed by atoms with E-state index in [4.69, 9.17) is 0 Å². The van der Waals surface area contributed by atoms with Gasteiger partial charge in [-0.25, -0.2) is 4.98 Å². The summed E-state index contributed by atoms with van der Waals surface area (Å²) in [5.74, 6) is 1.15. The average Bonchev–Trinajstić information content (AvgIpc) is 3.13. The summed E-state index contributed by atoms with van der Waals surface area (Å²) < 4.78 is 4.21. The molecule has 3 heterocycles. The third-order valence-corrected chi connectivity index (χ3v) is 4.42. The molecule has 5 nitrogen and oxygen atoms in total. The van der Waals surface area contributed by atoms with Gasteiger partial charge in [0.2, 0.25) is 0 Å². The van der Waals surface area contributed by atoms with Gasteiger partial charge in [-0.1, -0.05) is 23.8 Å². The largest absolute Gasteiger partial charge is 0.326 e. The molecule has 4 rings (SSSR count). The van der Waals surface area contributed by atoms with Crippen molar-refractivity contribution in [2.24, 2.45) is 7.05 Å². The molecule has 1 aliphatic rings. The van der Waals surface area contributed by atoms with E-state index in [1.165, 1.54) is 22.4 Å². The third kappa shape index (κ3) is 2.80. The van der Waals surface area contributed by atoms with E-state index in [2.05, 4.69) is 56.9 Å². The van der Waals surface area contributed by atoms with Crippen molar-refractivity contribution in [1.29, 1.82) is 0 Å². The van der Waals surface area contributed by atoms with Crippen LogP contribution < -0.4 is 0 Å². The topological polar surface area (TPSA) is 38.9 Å². The molecule has 23 heavy (non-hydrogen) atoms. The highest BCUT2D eigenvalue weighted by atomic mass is 15.3. The quantitative estimate of drug-likeness (QED) is 0.746. The second kappa shape index (κ2) is 5.66. The van der Waals surface area contributed by atoms with Gasteiger partial charge in [-0.3, -0.25) is 9.58 Å². The molecule has 0 N–H and O–H groups in total. The second-order valence-corrected chi connectivity index (χ2v) is 6.31. The predicted molar refractivity (Wildman–Crippen MR) is 89.7 cm³/mol. The van der Waals surface area contributed by atoms with Crippen molar-refractivity contribution in [3.05, 3.63) is 59.8 Å². The molecule has 0 spiro atoms. The van der Waals surface area contributed by atoms with Crippen LogP contribution in [0, 0.1) is 6.92 Å². The Morgan fingerprint density at radius 3 is 2.87 bits per heavy atom. The minimum Gasteiger partial charge on any atom is -0.326 e. The first-order valence-corrected chi connectivity index (χ1v) is 8.00. The highest BCUT2D eigenvalue weighted by Gasteiger charge is 2.20. The molecule has 0 atom stereocenters. The van der Waals surface area contributed by atoms with Crippen LogP contribution in [0.1, 0.15) is 17.0 Å². The van der Waals surface area contributed by atoms with E-state index in [0.29, 0.717) is 0 Å². The number of fused-ring (bicyclic) bond motifs is 1. The molecule has 0 fully saturated rings. The molecule has 118 valence electrons. The van der Waals surface area contributed by atoms with E-state index < -0.39 is 0 Å². The number of nitrogens with zero attached hydrogens (tertiary/aromatic N) is 5. The Labute approximate surface area is 136 Å². The summed E-state index contributed by atoms with van der Waals surface area (Å²) in [4.78, 5) is 7.09. The summed E-state index contributed by atoms with van der Waals surface area (Å²) in [7, 11) is 1.96. The van der Waals surface area contributed by atoms with Gasteiger partial charge in [0, 0.05) is 44.0 Å². The monoisotopic (exact) mass is 307 g/mol. The number of hydrogen-bond donors (Lipinski definition) is 0. The van der Waals surface area contributed by atoms with Crippen LogP contribution >= 0.6 is 0 Å². The van der Waals surface area contributed by atoms with Gasteiger partial charge in [0.15, 0.2) is 0 Å². The second-order valence-electron chi connectivity index (χ2n) is 6.31. The smallest absolute Gasteiger partial charge is 0.123 e. The van der Waals surface area contributed by atoms with Gasteiger partial charge in [0.25, 0.3) is 0 Å². The Morgan fingerprint density at radius 1 is 1.17 bits per heavy atom. The zero-order valence-corrected chi connectivity index (χ0v) is 13.6. The van der Waals surface area contributed by atoms with Crippen LogP contribution in [0.3, 0.4) is 0 Å². The van der Waals surface area contributed by atoms with Crippen molar-refractivity contribution in [1.82, 2.24) is 24.2 Å². The number of benzene rings is 1. The number of aryl methyl sites for hydroxylation is 2. The fourth-order valence-corrected chi connectivity index (χ4v) is 3.29. The van der Waals surface area contributed by atoms with Crippen LogP contribution in [0.5, 0.6) is 0 Å². The molecule has 1 aliphatic heterocycles. The Kier molecular flexibility index (Phi) is 3.50. The zero-order valence-electron chi connectivity index (χ0n) is 13.6. The number of rotatable bonds is 3. The number of aromatic nitrogens is 4. The molecule has 0 saturated heterocycles. The normalized spacial score (nSPS) is 14.9. The Bertz CT molecular complexity index is 830. The Balaban J connectivity index is 1.55. The lowest BCUT2D eigenvalue weighted by molar-refractivity contribution is 0.209. The van der Waals surface area contributed by atoms with Crippen LogP contribution in [0.4, 0.5) is 0 Å². The minimum absolute atomic E-state index is 0.890. The maximum Gasteiger partial charge on any atom is 0.123 e. The SMILES string of the molecule is Cc1cccc(-c2cnc3n2CCN(Cc2cnn(C)c2)C3)c1. The highest BCUT2D eigenvalue weighted by Crippen LogP contribution is 2.25. The number of hydrogen-bond acceptors (Lipinski definition) is 3. The van der Waals surface area contributed by atoms with Gasteiger partial charge in [0.05, 0.1) is 24.6 Å². The maximum absolute atomic E-state index is 4.66. The Hall–Kier alpha value is -2.40. The van der Waals surface area contributed by atoms with Crippen molar-refractivity contribution in [2.45, 2.75) is 26.6 Å². The lowest BCUT2D eigenvalue weighted by atomic mass is 10.1. The van der Waals surface area contributed by atoms with Gasteiger partial charge < -0.3 is 4.57 Å². The van der Waals surface area contributed by atoms with Gasteiger partial charge in [-0.05, 0) is 13.0 Å². The van der Waals surface area contributed by atoms with Gasteiger partial charge in [-0.15, -0.1) is 0 Å². The van der Waals surface area contributed by atoms with Gasteiger partial charge in [-0.2, -0.15) is 5.10 Å². The molecular formula is C18H21N5. The van der Waals surface area contributed by atoms with Crippen molar-refractivity contribution in [3.63, 3.8) is 0 Å². The van der Waals surface area contributed by atoms with Crippen LogP contribution in [0.25, 0.3) is 11.3 Å². The predicted octanol–water partition coefficient (Wildman–Crippen LogP) is 2.61. The van der Waals surface area contributed by atoms with E-state index in [0.717, 1.165) is 32.0 Å². The van der Waals surface area contributed by atoms with Crippen LogP contribution in [0.2, 0.25) is 0 Å². The summed E-state index contributed by atoms with van der Waals surface area (Å²) in [5.41, 5.74) is 5.02. The maximum atomic E-state index is 4.66. The van der Waals surface area contributed by atoms with Crippen LogP contribution in [-0.4, -0.2) is 30.8 Å². The van der Waals surface area contributed by atoms with Gasteiger partial charge in [0.1, 0.15) is 5.82 Å². The van der Waals surface area contributed by atoms with Crippen molar-refractivity contribution in [2.75, 3.05) is 6.54 Å². The summed E-state index contributed by atoms with van der Waals surface area (Å²) in [6.45, 7) is 5.98. The van der Waals surface area contributed by atoms with Crippen LogP contribution in [-0.2, 0) is 26.7 Å². The van der Waals surface area contributed by atoms with E-state index >= 15 is 0 Å². The Morgan fingerprint density at radius 2 is 2.09 bits per heavy atom. The van der Waals surface area contributed by atoms with Crippen molar-refractivity contribution < 1.29 is 0 Å². The molecule has 1 aromatic carbocycles. The lowest BCUT2D eigenvalue weighted by Gasteiger charge is -2.28. The lowest BCUT2D eigenvalue weighted by Crippen LogP contribution is -2.33. The molecule has 5 heteroatoms. The van der Waals surface area contributed by atoms with E-state index in [-0.39, 0.29) is 0 Å². The summed E-state index contributed by atoms with van der Waals surface area (Å²) in [6, 6.07) is 8.64. The van der Waals surface area contributed by atoms with Crippen molar-refractivity contribution in [3.8, 4) is 11.3 Å². The van der Waals surface area contributed by atoms with E-state index in [1.54, 1.807) is 0 Å². The fourth-order valence-electron chi connectivity index (χ4n) is 3.29. The molecule has 2 aromatic heterocycles. The standard InChI is InChI=1S/C18H21N5/c1-14-4-3-5-16(8-14)17-10-19-18-13-22(6-7-23(17)18)12-15-9-20-21(2)11-15/h3-5,8-11H,6-7,12-13H2,1-2H3. The summed E-state index contributed by atoms with van der Waals surface area (Å²) in [6.07, 6.45) is 6.04. The minimum atomic E-state index is 0.890. The van der Waals surface area contributed by atoms with Crippen LogP contribution in [0.15, 0.2) is 42.9 Å². The molecular weight excluding hydrogens is 286 g/mol. The average molecular weight is 307 g/mol. The molecule has 0 bridgehead atoms. The van der Waals surface area contributed by atoms with E-state index in [1.807, 2.05) is 24.1 Å². The first kappa shape index (κ1) is 14.2. The molecule has 0 aliphatic carbocycles.